The predicted molar refractivity (Wildman–Crippen MR) is 93.9 cm³/mol. The lowest BCUT2D eigenvalue weighted by atomic mass is 10.1. The monoisotopic (exact) mass is 327 g/mol. The molecule has 3 rings (SSSR count). The maximum Gasteiger partial charge on any atom is 0.240 e. The summed E-state index contributed by atoms with van der Waals surface area (Å²) < 4.78 is 25.7. The highest BCUT2D eigenvalue weighted by atomic mass is 32.2. The molecule has 2 aromatic carbocycles. The number of anilines is 1. The molecule has 1 aliphatic heterocycles. The number of hydrogen-bond donors (Lipinski definition) is 0. The van der Waals surface area contributed by atoms with E-state index in [0.29, 0.717) is 11.4 Å². The number of fused-ring (bicyclic) bond motifs is 1. The van der Waals surface area contributed by atoms with Gasteiger partial charge in [-0.1, -0.05) is 48.0 Å². The van der Waals surface area contributed by atoms with Crippen molar-refractivity contribution >= 4 is 27.6 Å². The van der Waals surface area contributed by atoms with Crippen LogP contribution in [0.25, 0.3) is 0 Å². The van der Waals surface area contributed by atoms with Gasteiger partial charge < -0.3 is 0 Å². The molecule has 0 saturated heterocycles. The number of aryl methyl sites for hydroxylation is 1. The normalized spacial score (nSPS) is 18.3. The minimum absolute atomic E-state index is 0.147. The molecule has 0 saturated carbocycles. The minimum Gasteiger partial charge on any atom is -0.272 e. The molecule has 6 heteroatoms. The first-order valence-corrected chi connectivity index (χ1v) is 8.81. The minimum atomic E-state index is -3.40. The van der Waals surface area contributed by atoms with E-state index < -0.39 is 10.0 Å². The Morgan fingerprint density at radius 2 is 1.78 bits per heavy atom. The van der Waals surface area contributed by atoms with Crippen LogP contribution in [-0.2, 0) is 10.0 Å². The molecular formula is C17H17N3O2S. The van der Waals surface area contributed by atoms with Crippen LogP contribution in [0, 0.1) is 6.92 Å². The fourth-order valence-corrected chi connectivity index (χ4v) is 3.60. The molecular weight excluding hydrogens is 310 g/mol. The molecule has 0 N–H and O–H groups in total. The molecule has 5 nitrogen and oxygen atoms in total. The first kappa shape index (κ1) is 15.4. The highest BCUT2D eigenvalue weighted by Crippen LogP contribution is 2.28. The van der Waals surface area contributed by atoms with Gasteiger partial charge in [0.1, 0.15) is 5.75 Å². The number of benzene rings is 2. The fourth-order valence-electron chi connectivity index (χ4n) is 2.39. The average Bonchev–Trinajstić information content (AvgIpc) is 2.54. The molecule has 0 radical (unpaired) electrons. The van der Waals surface area contributed by atoms with Gasteiger partial charge in [-0.15, -0.1) is 0 Å². The third-order valence-corrected chi connectivity index (χ3v) is 5.42. The third kappa shape index (κ3) is 3.17. The second-order valence-corrected chi connectivity index (χ2v) is 7.44. The first-order valence-electron chi connectivity index (χ1n) is 7.20. The Balaban J connectivity index is 1.95. The fraction of sp³-hybridized carbons (Fsp3) is 0.176. The molecule has 118 valence electrons. The van der Waals surface area contributed by atoms with Crippen LogP contribution >= 0.6 is 0 Å². The van der Waals surface area contributed by atoms with Crippen LogP contribution in [0.15, 0.2) is 58.7 Å². The van der Waals surface area contributed by atoms with Gasteiger partial charge in [0, 0.05) is 12.6 Å². The van der Waals surface area contributed by atoms with Gasteiger partial charge in [-0.2, -0.15) is 10.2 Å². The number of sulfonamides is 1. The highest BCUT2D eigenvalue weighted by Gasteiger charge is 2.30. The van der Waals surface area contributed by atoms with Crippen molar-refractivity contribution in [3.63, 3.8) is 0 Å². The van der Waals surface area contributed by atoms with Crippen LogP contribution in [0.2, 0.25) is 0 Å². The van der Waals surface area contributed by atoms with Crippen LogP contribution in [0.5, 0.6) is 0 Å². The summed E-state index contributed by atoms with van der Waals surface area (Å²) in [5, 5.41) is 8.22. The van der Waals surface area contributed by atoms with Gasteiger partial charge in [0.15, 0.2) is 0 Å². The van der Waals surface area contributed by atoms with E-state index in [1.165, 1.54) is 9.87 Å². The topological polar surface area (TPSA) is 62.1 Å². The van der Waals surface area contributed by atoms with Crippen molar-refractivity contribution in [2.45, 2.75) is 6.92 Å². The Morgan fingerprint density at radius 3 is 2.52 bits per heavy atom. The van der Waals surface area contributed by atoms with Crippen molar-refractivity contribution in [3.05, 3.63) is 65.2 Å². The zero-order valence-electron chi connectivity index (χ0n) is 13.0. The maximum atomic E-state index is 12.2. The highest BCUT2D eigenvalue weighted by molar-refractivity contribution is 7.93. The predicted octanol–water partition coefficient (Wildman–Crippen LogP) is 2.60. The number of nitrogens with zero attached hydrogens (tertiary/aromatic N) is 3. The van der Waals surface area contributed by atoms with Gasteiger partial charge in [-0.05, 0) is 18.6 Å². The van der Waals surface area contributed by atoms with Crippen molar-refractivity contribution in [2.24, 2.45) is 10.2 Å². The van der Waals surface area contributed by atoms with Crippen molar-refractivity contribution in [1.29, 1.82) is 0 Å². The summed E-state index contributed by atoms with van der Waals surface area (Å²) in [4.78, 5) is 0. The SMILES string of the molecule is Cc1ccc(/C=N/N=C2\CS(=O)(=O)N(C)c3ccccc32)cc1. The van der Waals surface area contributed by atoms with Gasteiger partial charge in [-0.25, -0.2) is 8.42 Å². The quantitative estimate of drug-likeness (QED) is 0.629. The first-order chi connectivity index (χ1) is 11.0. The molecule has 1 heterocycles. The van der Waals surface area contributed by atoms with Crippen molar-refractivity contribution in [1.82, 2.24) is 0 Å². The molecule has 23 heavy (non-hydrogen) atoms. The van der Waals surface area contributed by atoms with E-state index in [2.05, 4.69) is 10.2 Å². The molecule has 0 bridgehead atoms. The molecule has 0 atom stereocenters. The van der Waals surface area contributed by atoms with E-state index in [-0.39, 0.29) is 5.75 Å². The van der Waals surface area contributed by atoms with Gasteiger partial charge in [0.2, 0.25) is 10.0 Å². The zero-order chi connectivity index (χ0) is 16.4. The summed E-state index contributed by atoms with van der Waals surface area (Å²) in [5.41, 5.74) is 3.98. The molecule has 0 fully saturated rings. The molecule has 0 spiro atoms. The molecule has 0 aromatic heterocycles. The summed E-state index contributed by atoms with van der Waals surface area (Å²) in [6, 6.07) is 15.2. The second-order valence-electron chi connectivity index (χ2n) is 5.44. The van der Waals surface area contributed by atoms with E-state index in [0.717, 1.165) is 11.1 Å². The Morgan fingerprint density at radius 1 is 1.09 bits per heavy atom. The maximum absolute atomic E-state index is 12.2. The van der Waals surface area contributed by atoms with Gasteiger partial charge in [0.05, 0.1) is 17.6 Å². The Bertz CT molecular complexity index is 884. The molecule has 1 aliphatic rings. The lowest BCUT2D eigenvalue weighted by molar-refractivity contribution is 0.597. The Kier molecular flexibility index (Phi) is 4.00. The molecule has 0 aliphatic carbocycles. The Labute approximate surface area is 136 Å². The summed E-state index contributed by atoms with van der Waals surface area (Å²) in [6.07, 6.45) is 1.62. The van der Waals surface area contributed by atoms with Crippen molar-refractivity contribution < 1.29 is 8.42 Å². The molecule has 2 aromatic rings. The molecule has 0 unspecified atom stereocenters. The van der Waals surface area contributed by atoms with Crippen LogP contribution in [0.4, 0.5) is 5.69 Å². The van der Waals surface area contributed by atoms with Crippen molar-refractivity contribution in [2.75, 3.05) is 17.1 Å². The summed E-state index contributed by atoms with van der Waals surface area (Å²) >= 11 is 0. The summed E-state index contributed by atoms with van der Waals surface area (Å²) in [7, 11) is -1.84. The summed E-state index contributed by atoms with van der Waals surface area (Å²) in [5.74, 6) is -0.147. The Hall–Kier alpha value is -2.47. The summed E-state index contributed by atoms with van der Waals surface area (Å²) in [6.45, 7) is 2.02. The second kappa shape index (κ2) is 5.96. The largest absolute Gasteiger partial charge is 0.272 e. The van der Waals surface area contributed by atoms with Gasteiger partial charge in [-0.3, -0.25) is 4.31 Å². The zero-order valence-corrected chi connectivity index (χ0v) is 13.8. The number of rotatable bonds is 2. The van der Waals surface area contributed by atoms with E-state index in [4.69, 9.17) is 0 Å². The average molecular weight is 327 g/mol. The van der Waals surface area contributed by atoms with Crippen LogP contribution in [-0.4, -0.2) is 33.1 Å². The van der Waals surface area contributed by atoms with E-state index in [1.807, 2.05) is 49.4 Å². The number of para-hydroxylation sites is 1. The standard InChI is InChI=1S/C17H17N3O2S/c1-13-7-9-14(10-8-13)11-18-19-16-12-23(21,22)20(2)17-6-4-3-5-15(16)17/h3-11H,12H2,1-2H3/b18-11+,19-16+. The van der Waals surface area contributed by atoms with E-state index in [1.54, 1.807) is 19.3 Å². The smallest absolute Gasteiger partial charge is 0.240 e. The van der Waals surface area contributed by atoms with Crippen LogP contribution in [0.3, 0.4) is 0 Å². The van der Waals surface area contributed by atoms with Crippen molar-refractivity contribution in [3.8, 4) is 0 Å². The number of hydrogen-bond acceptors (Lipinski definition) is 4. The van der Waals surface area contributed by atoms with Crippen LogP contribution < -0.4 is 4.31 Å². The van der Waals surface area contributed by atoms with E-state index in [9.17, 15) is 8.42 Å². The lowest BCUT2D eigenvalue weighted by Gasteiger charge is -2.27. The van der Waals surface area contributed by atoms with Gasteiger partial charge in [0.25, 0.3) is 0 Å². The lowest BCUT2D eigenvalue weighted by Crippen LogP contribution is -2.38. The molecule has 0 amide bonds. The van der Waals surface area contributed by atoms with Crippen LogP contribution in [0.1, 0.15) is 16.7 Å². The van der Waals surface area contributed by atoms with E-state index >= 15 is 0 Å². The van der Waals surface area contributed by atoms with Gasteiger partial charge >= 0.3 is 0 Å². The third-order valence-electron chi connectivity index (χ3n) is 3.75.